The Balaban J connectivity index is 1.38. The lowest BCUT2D eigenvalue weighted by Crippen LogP contribution is -2.48. The number of piperazine rings is 1. The van der Waals surface area contributed by atoms with Crippen LogP contribution in [0.3, 0.4) is 0 Å². The number of aryl methyl sites for hydroxylation is 1. The number of carbonyl (C=O) groups is 1. The van der Waals surface area contributed by atoms with Gasteiger partial charge in [0, 0.05) is 67.5 Å². The SMILES string of the molecule is CNCCN1CCN(c2nc(Sc3ccc(NC(=O)C4CC4)cc3)nc(Nc3cc(C)[nH]n3)c2OC)CC1. The summed E-state index contributed by atoms with van der Waals surface area (Å²) in [7, 11) is 3.63. The van der Waals surface area contributed by atoms with Crippen molar-refractivity contribution in [2.75, 3.05) is 69.0 Å². The highest BCUT2D eigenvalue weighted by Crippen LogP contribution is 2.38. The van der Waals surface area contributed by atoms with Gasteiger partial charge in [-0.15, -0.1) is 0 Å². The normalized spacial score (nSPS) is 15.9. The monoisotopic (exact) mass is 537 g/mol. The second kappa shape index (κ2) is 12.0. The summed E-state index contributed by atoms with van der Waals surface area (Å²) in [4.78, 5) is 27.5. The molecule has 3 heterocycles. The summed E-state index contributed by atoms with van der Waals surface area (Å²) in [5.74, 6) is 2.86. The van der Waals surface area contributed by atoms with Crippen molar-refractivity contribution in [2.24, 2.45) is 5.92 Å². The van der Waals surface area contributed by atoms with Crippen molar-refractivity contribution in [3.05, 3.63) is 36.0 Å². The van der Waals surface area contributed by atoms with Crippen LogP contribution in [0.1, 0.15) is 18.5 Å². The first-order valence-electron chi connectivity index (χ1n) is 13.0. The third kappa shape index (κ3) is 6.55. The number of ether oxygens (including phenoxy) is 1. The summed E-state index contributed by atoms with van der Waals surface area (Å²) in [6.45, 7) is 7.54. The Morgan fingerprint density at radius 1 is 1.16 bits per heavy atom. The lowest BCUT2D eigenvalue weighted by Gasteiger charge is -2.36. The van der Waals surface area contributed by atoms with Gasteiger partial charge in [-0.3, -0.25) is 14.8 Å². The number of hydrogen-bond acceptors (Lipinski definition) is 10. The molecule has 1 saturated carbocycles. The molecule has 2 fully saturated rings. The average molecular weight is 538 g/mol. The molecule has 3 aromatic rings. The fraction of sp³-hybridized carbons (Fsp3) is 0.462. The minimum absolute atomic E-state index is 0.101. The van der Waals surface area contributed by atoms with Gasteiger partial charge in [-0.25, -0.2) is 9.97 Å². The summed E-state index contributed by atoms with van der Waals surface area (Å²) in [6.07, 6.45) is 1.96. The van der Waals surface area contributed by atoms with E-state index in [2.05, 4.69) is 35.9 Å². The number of carbonyl (C=O) groups excluding carboxylic acids is 1. The van der Waals surface area contributed by atoms with Crippen LogP contribution in [0.2, 0.25) is 0 Å². The number of anilines is 4. The van der Waals surface area contributed by atoms with Crippen molar-refractivity contribution >= 4 is 40.8 Å². The van der Waals surface area contributed by atoms with E-state index in [1.54, 1.807) is 7.11 Å². The number of aromatic nitrogens is 4. The van der Waals surface area contributed by atoms with Gasteiger partial charge in [0.1, 0.15) is 0 Å². The second-order valence-electron chi connectivity index (χ2n) is 9.60. The van der Waals surface area contributed by atoms with Gasteiger partial charge < -0.3 is 25.6 Å². The van der Waals surface area contributed by atoms with Crippen LogP contribution in [-0.4, -0.2) is 84.4 Å². The Labute approximate surface area is 227 Å². The molecule has 11 nitrogen and oxygen atoms in total. The van der Waals surface area contributed by atoms with E-state index in [1.807, 2.05) is 44.3 Å². The fourth-order valence-electron chi connectivity index (χ4n) is 4.31. The number of amides is 1. The molecule has 1 aliphatic carbocycles. The predicted molar refractivity (Wildman–Crippen MR) is 150 cm³/mol. The first-order chi connectivity index (χ1) is 18.5. The number of H-pyrrole nitrogens is 1. The van der Waals surface area contributed by atoms with Gasteiger partial charge in [0.2, 0.25) is 11.7 Å². The molecule has 0 spiro atoms. The minimum atomic E-state index is 0.101. The second-order valence-corrected chi connectivity index (χ2v) is 10.6. The standard InChI is InChI=1S/C26H35N9O2S/c1-17-16-21(33-32-17)29-23-22(37-3)24(35-14-12-34(13-15-35)11-10-27-2)31-26(30-23)38-20-8-6-19(7-9-20)28-25(36)18-4-5-18/h6-9,16,18,27H,4-5,10-15H2,1-3H3,(H,28,36)(H2,29,30,31,32,33). The Morgan fingerprint density at radius 2 is 1.92 bits per heavy atom. The molecule has 202 valence electrons. The highest BCUT2D eigenvalue weighted by Gasteiger charge is 2.29. The number of nitrogens with zero attached hydrogens (tertiary/aromatic N) is 5. The highest BCUT2D eigenvalue weighted by molar-refractivity contribution is 7.99. The van der Waals surface area contributed by atoms with Crippen LogP contribution in [0.5, 0.6) is 5.75 Å². The van der Waals surface area contributed by atoms with Crippen LogP contribution in [0.4, 0.5) is 23.1 Å². The van der Waals surface area contributed by atoms with E-state index in [0.717, 1.165) is 74.2 Å². The van der Waals surface area contributed by atoms with Crippen LogP contribution < -0.4 is 25.6 Å². The number of methoxy groups -OCH3 is 1. The van der Waals surface area contributed by atoms with Crippen LogP contribution >= 0.6 is 11.8 Å². The third-order valence-electron chi connectivity index (χ3n) is 6.61. The molecule has 0 unspecified atom stereocenters. The molecule has 0 bridgehead atoms. The molecule has 0 atom stereocenters. The van der Waals surface area contributed by atoms with E-state index in [0.29, 0.717) is 22.5 Å². The number of benzene rings is 1. The maximum Gasteiger partial charge on any atom is 0.227 e. The number of rotatable bonds is 11. The van der Waals surface area contributed by atoms with Crippen LogP contribution in [-0.2, 0) is 4.79 Å². The van der Waals surface area contributed by atoms with E-state index in [9.17, 15) is 4.79 Å². The number of nitrogens with one attached hydrogen (secondary N) is 4. The van der Waals surface area contributed by atoms with E-state index in [1.165, 1.54) is 11.8 Å². The molecular formula is C26H35N9O2S. The Bertz CT molecular complexity index is 1240. The van der Waals surface area contributed by atoms with Crippen molar-refractivity contribution in [3.8, 4) is 5.75 Å². The number of hydrogen-bond donors (Lipinski definition) is 4. The molecule has 5 rings (SSSR count). The van der Waals surface area contributed by atoms with E-state index in [4.69, 9.17) is 14.7 Å². The number of likely N-dealkylation sites (N-methyl/N-ethyl adjacent to an activating group) is 1. The van der Waals surface area contributed by atoms with Gasteiger partial charge in [0.05, 0.1) is 7.11 Å². The van der Waals surface area contributed by atoms with Gasteiger partial charge in [0.25, 0.3) is 0 Å². The van der Waals surface area contributed by atoms with Gasteiger partial charge in [0.15, 0.2) is 22.6 Å². The Morgan fingerprint density at radius 3 is 2.55 bits per heavy atom. The maximum absolute atomic E-state index is 12.1. The minimum Gasteiger partial charge on any atom is -0.490 e. The molecule has 0 radical (unpaired) electrons. The molecule has 1 saturated heterocycles. The molecule has 38 heavy (non-hydrogen) atoms. The van der Waals surface area contributed by atoms with E-state index < -0.39 is 0 Å². The maximum atomic E-state index is 12.1. The predicted octanol–water partition coefficient (Wildman–Crippen LogP) is 3.10. The molecule has 1 amide bonds. The third-order valence-corrected chi connectivity index (χ3v) is 7.49. The lowest BCUT2D eigenvalue weighted by molar-refractivity contribution is -0.117. The number of aromatic amines is 1. The largest absolute Gasteiger partial charge is 0.490 e. The Kier molecular flexibility index (Phi) is 8.30. The smallest absolute Gasteiger partial charge is 0.227 e. The van der Waals surface area contributed by atoms with Gasteiger partial charge in [-0.1, -0.05) is 0 Å². The molecule has 2 aliphatic rings. The summed E-state index contributed by atoms with van der Waals surface area (Å²) in [5, 5.41) is 17.4. The van der Waals surface area contributed by atoms with Crippen LogP contribution in [0.25, 0.3) is 0 Å². The zero-order valence-corrected chi connectivity index (χ0v) is 22.9. The van der Waals surface area contributed by atoms with Crippen molar-refractivity contribution in [1.82, 2.24) is 30.4 Å². The van der Waals surface area contributed by atoms with Crippen molar-refractivity contribution in [3.63, 3.8) is 0 Å². The van der Waals surface area contributed by atoms with Crippen LogP contribution in [0.15, 0.2) is 40.4 Å². The molecule has 2 aromatic heterocycles. The average Bonchev–Trinajstić information content (AvgIpc) is 3.70. The lowest BCUT2D eigenvalue weighted by atomic mass is 10.3. The van der Waals surface area contributed by atoms with Crippen molar-refractivity contribution < 1.29 is 9.53 Å². The topological polar surface area (TPSA) is 123 Å². The first kappa shape index (κ1) is 26.3. The van der Waals surface area contributed by atoms with Crippen molar-refractivity contribution in [2.45, 2.75) is 29.8 Å². The Hall–Kier alpha value is -3.35. The highest BCUT2D eigenvalue weighted by atomic mass is 32.2. The summed E-state index contributed by atoms with van der Waals surface area (Å²) < 4.78 is 5.84. The molecular weight excluding hydrogens is 502 g/mol. The van der Waals surface area contributed by atoms with Crippen molar-refractivity contribution in [1.29, 1.82) is 0 Å². The van der Waals surface area contributed by atoms with Gasteiger partial charge >= 0.3 is 0 Å². The molecule has 12 heteroatoms. The molecule has 1 aromatic carbocycles. The molecule has 1 aliphatic heterocycles. The van der Waals surface area contributed by atoms with E-state index in [-0.39, 0.29) is 11.8 Å². The van der Waals surface area contributed by atoms with Gasteiger partial charge in [-0.05, 0) is 62.8 Å². The summed E-state index contributed by atoms with van der Waals surface area (Å²) in [6, 6.07) is 9.71. The summed E-state index contributed by atoms with van der Waals surface area (Å²) >= 11 is 1.47. The van der Waals surface area contributed by atoms with E-state index >= 15 is 0 Å². The van der Waals surface area contributed by atoms with Crippen LogP contribution in [0, 0.1) is 12.8 Å². The zero-order valence-electron chi connectivity index (χ0n) is 22.1. The quantitative estimate of drug-likeness (QED) is 0.271. The zero-order chi connectivity index (χ0) is 26.5. The fourth-order valence-corrected chi connectivity index (χ4v) is 5.06. The summed E-state index contributed by atoms with van der Waals surface area (Å²) in [5.41, 5.74) is 1.75. The first-order valence-corrected chi connectivity index (χ1v) is 13.8. The van der Waals surface area contributed by atoms with Gasteiger partial charge in [-0.2, -0.15) is 5.10 Å². The molecule has 4 N–H and O–H groups in total.